The van der Waals surface area contributed by atoms with E-state index in [4.69, 9.17) is 16.3 Å². The zero-order valence-corrected chi connectivity index (χ0v) is 17.9. The van der Waals surface area contributed by atoms with Crippen molar-refractivity contribution in [1.82, 2.24) is 20.1 Å². The molecular formula is C21H23ClN4O2S. The molecule has 0 saturated heterocycles. The number of ether oxygens (including phenoxy) is 1. The smallest absolute Gasteiger partial charge is 0.230 e. The molecule has 6 nitrogen and oxygen atoms in total. The SMILES string of the molecule is CC(Oc1cccc(Cl)c1)c1nnc(SCC(=O)NCCc2ccccc2)n1C. The van der Waals surface area contributed by atoms with Gasteiger partial charge < -0.3 is 14.6 Å². The number of nitrogens with zero attached hydrogens (tertiary/aromatic N) is 3. The van der Waals surface area contributed by atoms with Crippen LogP contribution in [0, 0.1) is 0 Å². The van der Waals surface area contributed by atoms with Crippen molar-refractivity contribution in [1.29, 1.82) is 0 Å². The number of amides is 1. The first-order chi connectivity index (χ1) is 14.0. The second-order valence-corrected chi connectivity index (χ2v) is 7.87. The highest BCUT2D eigenvalue weighted by atomic mass is 35.5. The molecule has 1 atom stereocenters. The molecule has 29 heavy (non-hydrogen) atoms. The summed E-state index contributed by atoms with van der Waals surface area (Å²) in [5.74, 6) is 1.60. The average Bonchev–Trinajstić information content (AvgIpc) is 3.08. The average molecular weight is 431 g/mol. The number of rotatable bonds is 9. The lowest BCUT2D eigenvalue weighted by molar-refractivity contribution is -0.118. The van der Waals surface area contributed by atoms with Crippen molar-refractivity contribution in [2.45, 2.75) is 24.6 Å². The third kappa shape index (κ3) is 6.24. The molecule has 1 aromatic heterocycles. The van der Waals surface area contributed by atoms with Gasteiger partial charge in [-0.15, -0.1) is 10.2 Å². The Bertz CT molecular complexity index is 949. The Morgan fingerprint density at radius 2 is 2.00 bits per heavy atom. The van der Waals surface area contributed by atoms with Crippen LogP contribution in [0.2, 0.25) is 5.02 Å². The van der Waals surface area contributed by atoms with Gasteiger partial charge in [0.25, 0.3) is 0 Å². The maximum Gasteiger partial charge on any atom is 0.230 e. The second-order valence-electron chi connectivity index (χ2n) is 6.49. The summed E-state index contributed by atoms with van der Waals surface area (Å²) < 4.78 is 7.74. The maximum atomic E-state index is 12.1. The molecular weight excluding hydrogens is 408 g/mol. The highest BCUT2D eigenvalue weighted by molar-refractivity contribution is 7.99. The molecule has 1 unspecified atom stereocenters. The molecule has 1 heterocycles. The Hall–Kier alpha value is -2.51. The van der Waals surface area contributed by atoms with Gasteiger partial charge in [-0.3, -0.25) is 4.79 Å². The summed E-state index contributed by atoms with van der Waals surface area (Å²) in [5, 5.41) is 12.6. The van der Waals surface area contributed by atoms with Gasteiger partial charge in [0.1, 0.15) is 5.75 Å². The Morgan fingerprint density at radius 3 is 2.76 bits per heavy atom. The molecule has 0 bridgehead atoms. The molecule has 0 radical (unpaired) electrons. The molecule has 3 rings (SSSR count). The molecule has 0 saturated carbocycles. The van der Waals surface area contributed by atoms with Crippen LogP contribution in [0.4, 0.5) is 0 Å². The van der Waals surface area contributed by atoms with Crippen LogP contribution in [0.15, 0.2) is 59.8 Å². The van der Waals surface area contributed by atoms with E-state index in [0.29, 0.717) is 28.3 Å². The quantitative estimate of drug-likeness (QED) is 0.518. The number of thioether (sulfide) groups is 1. The van der Waals surface area contributed by atoms with Crippen molar-refractivity contribution in [3.63, 3.8) is 0 Å². The number of hydrogen-bond donors (Lipinski definition) is 1. The van der Waals surface area contributed by atoms with E-state index in [1.807, 2.05) is 48.9 Å². The summed E-state index contributed by atoms with van der Waals surface area (Å²) >= 11 is 7.35. The minimum atomic E-state index is -0.306. The van der Waals surface area contributed by atoms with Crippen molar-refractivity contribution < 1.29 is 9.53 Å². The van der Waals surface area contributed by atoms with Gasteiger partial charge in [0.05, 0.1) is 5.75 Å². The lowest BCUT2D eigenvalue weighted by Gasteiger charge is -2.14. The fourth-order valence-electron chi connectivity index (χ4n) is 2.78. The third-order valence-electron chi connectivity index (χ3n) is 4.25. The summed E-state index contributed by atoms with van der Waals surface area (Å²) in [5.41, 5.74) is 1.20. The van der Waals surface area contributed by atoms with E-state index in [1.165, 1.54) is 17.3 Å². The lowest BCUT2D eigenvalue weighted by atomic mass is 10.1. The Kier molecular flexibility index (Phi) is 7.55. The number of nitrogens with one attached hydrogen (secondary N) is 1. The van der Waals surface area contributed by atoms with Gasteiger partial charge in [-0.05, 0) is 37.1 Å². The minimum Gasteiger partial charge on any atom is -0.483 e. The van der Waals surface area contributed by atoms with Crippen LogP contribution < -0.4 is 10.1 Å². The summed E-state index contributed by atoms with van der Waals surface area (Å²) in [6.07, 6.45) is 0.504. The van der Waals surface area contributed by atoms with Crippen LogP contribution in [-0.4, -0.2) is 33.0 Å². The molecule has 2 aromatic carbocycles. The summed E-state index contributed by atoms with van der Waals surface area (Å²) in [6.45, 7) is 2.51. The molecule has 0 aliphatic carbocycles. The number of halogens is 1. The predicted molar refractivity (Wildman–Crippen MR) is 115 cm³/mol. The fraction of sp³-hybridized carbons (Fsp3) is 0.286. The monoisotopic (exact) mass is 430 g/mol. The van der Waals surface area contributed by atoms with Crippen LogP contribution in [0.5, 0.6) is 5.75 Å². The molecule has 0 fully saturated rings. The Morgan fingerprint density at radius 1 is 1.21 bits per heavy atom. The minimum absolute atomic E-state index is 0.0290. The lowest BCUT2D eigenvalue weighted by Crippen LogP contribution is -2.27. The highest BCUT2D eigenvalue weighted by Gasteiger charge is 2.18. The second kappa shape index (κ2) is 10.3. The Labute approximate surface area is 179 Å². The molecule has 0 spiro atoms. The van der Waals surface area contributed by atoms with E-state index in [9.17, 15) is 4.79 Å². The van der Waals surface area contributed by atoms with Crippen molar-refractivity contribution in [3.05, 3.63) is 71.0 Å². The molecule has 8 heteroatoms. The van der Waals surface area contributed by atoms with Crippen LogP contribution >= 0.6 is 23.4 Å². The van der Waals surface area contributed by atoms with Crippen LogP contribution in [0.25, 0.3) is 0 Å². The van der Waals surface area contributed by atoms with Gasteiger partial charge in [0.15, 0.2) is 17.1 Å². The number of benzene rings is 2. The van der Waals surface area contributed by atoms with Gasteiger partial charge in [-0.1, -0.05) is 59.8 Å². The van der Waals surface area contributed by atoms with E-state index in [0.717, 1.165) is 6.42 Å². The largest absolute Gasteiger partial charge is 0.483 e. The number of hydrogen-bond acceptors (Lipinski definition) is 5. The van der Waals surface area contributed by atoms with Crippen LogP contribution in [0.1, 0.15) is 24.4 Å². The summed E-state index contributed by atoms with van der Waals surface area (Å²) in [7, 11) is 1.86. The van der Waals surface area contributed by atoms with Gasteiger partial charge in [-0.2, -0.15) is 0 Å². The van der Waals surface area contributed by atoms with Crippen molar-refractivity contribution >= 4 is 29.3 Å². The van der Waals surface area contributed by atoms with E-state index in [1.54, 1.807) is 12.1 Å². The van der Waals surface area contributed by atoms with Crippen LogP contribution in [-0.2, 0) is 18.3 Å². The summed E-state index contributed by atoms with van der Waals surface area (Å²) in [6, 6.07) is 17.3. The zero-order chi connectivity index (χ0) is 20.6. The normalized spacial score (nSPS) is 11.8. The molecule has 1 N–H and O–H groups in total. The molecule has 152 valence electrons. The molecule has 0 aliphatic heterocycles. The maximum absolute atomic E-state index is 12.1. The zero-order valence-electron chi connectivity index (χ0n) is 16.3. The van der Waals surface area contributed by atoms with Crippen molar-refractivity contribution in [2.75, 3.05) is 12.3 Å². The number of carbonyl (C=O) groups excluding carboxylic acids is 1. The van der Waals surface area contributed by atoms with Crippen molar-refractivity contribution in [2.24, 2.45) is 7.05 Å². The molecule has 3 aromatic rings. The van der Waals surface area contributed by atoms with Gasteiger partial charge in [0, 0.05) is 18.6 Å². The van der Waals surface area contributed by atoms with E-state index >= 15 is 0 Å². The highest BCUT2D eigenvalue weighted by Crippen LogP contribution is 2.25. The first-order valence-corrected chi connectivity index (χ1v) is 10.6. The van der Waals surface area contributed by atoms with E-state index < -0.39 is 0 Å². The first-order valence-electron chi connectivity index (χ1n) is 9.28. The standard InChI is InChI=1S/C21H23ClN4O2S/c1-15(28-18-10-6-9-17(22)13-18)20-24-25-21(26(20)2)29-14-19(27)23-12-11-16-7-4-3-5-8-16/h3-10,13,15H,11-12,14H2,1-2H3,(H,23,27). The molecule has 0 aliphatic rings. The number of carbonyl (C=O) groups is 1. The van der Waals surface area contributed by atoms with Gasteiger partial charge in [-0.25, -0.2) is 0 Å². The topological polar surface area (TPSA) is 69.0 Å². The van der Waals surface area contributed by atoms with E-state index in [-0.39, 0.29) is 17.8 Å². The summed E-state index contributed by atoms with van der Waals surface area (Å²) in [4.78, 5) is 12.1. The first kappa shape index (κ1) is 21.2. The van der Waals surface area contributed by atoms with Crippen LogP contribution in [0.3, 0.4) is 0 Å². The third-order valence-corrected chi connectivity index (χ3v) is 5.51. The Balaban J connectivity index is 1.48. The van der Waals surface area contributed by atoms with Gasteiger partial charge >= 0.3 is 0 Å². The predicted octanol–water partition coefficient (Wildman–Crippen LogP) is 4.06. The number of aromatic nitrogens is 3. The fourth-order valence-corrected chi connectivity index (χ4v) is 3.70. The molecule has 1 amide bonds. The van der Waals surface area contributed by atoms with Crippen molar-refractivity contribution in [3.8, 4) is 5.75 Å². The van der Waals surface area contributed by atoms with Gasteiger partial charge in [0.2, 0.25) is 5.91 Å². The van der Waals surface area contributed by atoms with E-state index in [2.05, 4.69) is 27.6 Å².